The third kappa shape index (κ3) is 5.16. The first-order valence-electron chi connectivity index (χ1n) is 8.23. The maximum Gasteiger partial charge on any atom is 0.573 e. The van der Waals surface area contributed by atoms with Crippen LogP contribution >= 0.6 is 31.9 Å². The molecule has 9 heteroatoms. The zero-order chi connectivity index (χ0) is 19.6. The number of ether oxygens (including phenoxy) is 1. The van der Waals surface area contributed by atoms with Crippen LogP contribution in [-0.4, -0.2) is 42.5 Å². The molecule has 146 valence electrons. The summed E-state index contributed by atoms with van der Waals surface area (Å²) in [5.74, 6) is -0.167. The Morgan fingerprint density at radius 2 is 1.70 bits per heavy atom. The average Bonchev–Trinajstić information content (AvgIpc) is 2.58. The van der Waals surface area contributed by atoms with Gasteiger partial charge in [0, 0.05) is 40.7 Å². The second-order valence-electron chi connectivity index (χ2n) is 6.13. The van der Waals surface area contributed by atoms with Crippen molar-refractivity contribution in [3.05, 3.63) is 56.5 Å². The molecule has 2 aromatic carbocycles. The largest absolute Gasteiger partial charge is 0.573 e. The highest BCUT2D eigenvalue weighted by molar-refractivity contribution is 9.11. The van der Waals surface area contributed by atoms with E-state index in [1.807, 2.05) is 6.07 Å². The Morgan fingerprint density at radius 3 is 2.26 bits per heavy atom. The van der Waals surface area contributed by atoms with Crippen LogP contribution in [0.1, 0.15) is 17.2 Å². The van der Waals surface area contributed by atoms with Crippen molar-refractivity contribution in [1.29, 1.82) is 0 Å². The highest BCUT2D eigenvalue weighted by Gasteiger charge is 2.32. The quantitative estimate of drug-likeness (QED) is 0.620. The molecule has 4 nitrogen and oxygen atoms in total. The Morgan fingerprint density at radius 1 is 1.07 bits per heavy atom. The first-order chi connectivity index (χ1) is 12.7. The SMILES string of the molecule is Oc1cc(Br)cc(Br)c1[C@@H](c1ccc(OC(F)(F)F)cc1)N1CCNCC1. The second kappa shape index (κ2) is 8.38. The molecule has 0 radical (unpaired) electrons. The maximum atomic E-state index is 12.4. The number of nitrogens with one attached hydrogen (secondary N) is 1. The van der Waals surface area contributed by atoms with E-state index in [1.54, 1.807) is 18.2 Å². The summed E-state index contributed by atoms with van der Waals surface area (Å²) in [6.07, 6.45) is -4.73. The Bertz CT molecular complexity index is 771. The minimum absolute atomic E-state index is 0.107. The van der Waals surface area contributed by atoms with Crippen LogP contribution in [0.15, 0.2) is 45.3 Å². The summed E-state index contributed by atoms with van der Waals surface area (Å²) >= 11 is 6.86. The Labute approximate surface area is 171 Å². The van der Waals surface area contributed by atoms with Crippen LogP contribution in [0.25, 0.3) is 0 Å². The van der Waals surface area contributed by atoms with Gasteiger partial charge in [-0.1, -0.05) is 44.0 Å². The van der Waals surface area contributed by atoms with Crippen molar-refractivity contribution in [1.82, 2.24) is 10.2 Å². The first-order valence-corrected chi connectivity index (χ1v) is 9.81. The lowest BCUT2D eigenvalue weighted by molar-refractivity contribution is -0.274. The van der Waals surface area contributed by atoms with Crippen molar-refractivity contribution in [2.45, 2.75) is 12.4 Å². The molecule has 0 saturated carbocycles. The maximum absolute atomic E-state index is 12.4. The van der Waals surface area contributed by atoms with Crippen molar-refractivity contribution in [2.24, 2.45) is 0 Å². The third-order valence-electron chi connectivity index (χ3n) is 4.29. The van der Waals surface area contributed by atoms with E-state index in [9.17, 15) is 18.3 Å². The highest BCUT2D eigenvalue weighted by Crippen LogP contribution is 2.41. The van der Waals surface area contributed by atoms with Crippen LogP contribution in [0, 0.1) is 0 Å². The van der Waals surface area contributed by atoms with Crippen LogP contribution in [0.5, 0.6) is 11.5 Å². The minimum atomic E-state index is -4.73. The lowest BCUT2D eigenvalue weighted by Crippen LogP contribution is -2.45. The number of nitrogens with zero attached hydrogens (tertiary/aromatic N) is 1. The second-order valence-corrected chi connectivity index (χ2v) is 7.90. The van der Waals surface area contributed by atoms with E-state index in [-0.39, 0.29) is 17.5 Å². The number of phenolic OH excluding ortho intramolecular Hbond substituents is 1. The number of benzene rings is 2. The number of hydrogen-bond acceptors (Lipinski definition) is 4. The van der Waals surface area contributed by atoms with Gasteiger partial charge >= 0.3 is 6.36 Å². The number of halogens is 5. The van der Waals surface area contributed by atoms with E-state index >= 15 is 0 Å². The topological polar surface area (TPSA) is 44.7 Å². The molecule has 1 aliphatic rings. The molecule has 1 heterocycles. The van der Waals surface area contributed by atoms with Gasteiger partial charge in [-0.15, -0.1) is 13.2 Å². The Balaban J connectivity index is 2.00. The van der Waals surface area contributed by atoms with Crippen LogP contribution in [0.2, 0.25) is 0 Å². The van der Waals surface area contributed by atoms with Gasteiger partial charge in [-0.25, -0.2) is 0 Å². The summed E-state index contributed by atoms with van der Waals surface area (Å²) in [5, 5.41) is 13.8. The van der Waals surface area contributed by atoms with Gasteiger partial charge < -0.3 is 15.2 Å². The molecule has 0 aliphatic carbocycles. The minimum Gasteiger partial charge on any atom is -0.508 e. The summed E-state index contributed by atoms with van der Waals surface area (Å²) in [7, 11) is 0. The molecular weight excluding hydrogens is 493 g/mol. The van der Waals surface area contributed by atoms with Crippen molar-refractivity contribution in [3.63, 3.8) is 0 Å². The predicted molar refractivity (Wildman–Crippen MR) is 103 cm³/mol. The van der Waals surface area contributed by atoms with Crippen molar-refractivity contribution >= 4 is 31.9 Å². The molecule has 0 unspecified atom stereocenters. The number of alkyl halides is 3. The van der Waals surface area contributed by atoms with Gasteiger partial charge in [0.25, 0.3) is 0 Å². The van der Waals surface area contributed by atoms with Crippen LogP contribution in [0.3, 0.4) is 0 Å². The molecule has 0 bridgehead atoms. The molecule has 2 aromatic rings. The highest BCUT2D eigenvalue weighted by atomic mass is 79.9. The lowest BCUT2D eigenvalue weighted by Gasteiger charge is -2.36. The van der Waals surface area contributed by atoms with Crippen LogP contribution in [0.4, 0.5) is 13.2 Å². The molecule has 0 spiro atoms. The standard InChI is InChI=1S/C18H17Br2F3N2O2/c19-12-9-14(20)16(15(26)10-12)17(25-7-5-24-6-8-25)11-1-3-13(4-2-11)27-18(21,22)23/h1-4,9-10,17,24,26H,5-8H2/t17-/m1/s1. The molecule has 3 rings (SSSR count). The van der Waals surface area contributed by atoms with Gasteiger partial charge in [0.1, 0.15) is 11.5 Å². The van der Waals surface area contributed by atoms with Gasteiger partial charge in [-0.2, -0.15) is 0 Å². The van der Waals surface area contributed by atoms with E-state index in [4.69, 9.17) is 0 Å². The van der Waals surface area contributed by atoms with E-state index in [2.05, 4.69) is 46.8 Å². The summed E-state index contributed by atoms with van der Waals surface area (Å²) < 4.78 is 42.7. The molecule has 1 saturated heterocycles. The van der Waals surface area contributed by atoms with E-state index in [0.29, 0.717) is 10.0 Å². The van der Waals surface area contributed by atoms with Gasteiger partial charge in [0.2, 0.25) is 0 Å². The summed E-state index contributed by atoms with van der Waals surface area (Å²) in [6, 6.07) is 8.92. The van der Waals surface area contributed by atoms with Crippen LogP contribution < -0.4 is 10.1 Å². The van der Waals surface area contributed by atoms with Crippen LogP contribution in [-0.2, 0) is 0 Å². The number of rotatable bonds is 4. The van der Waals surface area contributed by atoms with Gasteiger partial charge in [0.15, 0.2) is 0 Å². The van der Waals surface area contributed by atoms with E-state index in [1.165, 1.54) is 12.1 Å². The predicted octanol–water partition coefficient (Wildman–Crippen LogP) is 4.81. The normalized spacial score (nSPS) is 16.9. The van der Waals surface area contributed by atoms with Crippen molar-refractivity contribution < 1.29 is 23.0 Å². The number of piperazine rings is 1. The average molecular weight is 510 g/mol. The Hall–Kier alpha value is -1.29. The lowest BCUT2D eigenvalue weighted by atomic mass is 9.95. The monoisotopic (exact) mass is 508 g/mol. The molecule has 1 aliphatic heterocycles. The number of aromatic hydroxyl groups is 1. The smallest absolute Gasteiger partial charge is 0.508 e. The van der Waals surface area contributed by atoms with Gasteiger partial charge in [-0.05, 0) is 29.8 Å². The fourth-order valence-electron chi connectivity index (χ4n) is 3.19. The zero-order valence-electron chi connectivity index (χ0n) is 14.1. The fraction of sp³-hybridized carbons (Fsp3) is 0.333. The number of phenols is 1. The summed E-state index contributed by atoms with van der Waals surface area (Å²) in [6.45, 7) is 3.07. The number of hydrogen-bond donors (Lipinski definition) is 2. The molecule has 27 heavy (non-hydrogen) atoms. The first kappa shape index (κ1) is 20.4. The van der Waals surface area contributed by atoms with Crippen molar-refractivity contribution in [3.8, 4) is 11.5 Å². The van der Waals surface area contributed by atoms with E-state index in [0.717, 1.165) is 36.2 Å². The molecule has 1 fully saturated rings. The molecule has 0 amide bonds. The van der Waals surface area contributed by atoms with E-state index < -0.39 is 6.36 Å². The third-order valence-corrected chi connectivity index (χ3v) is 5.41. The Kier molecular flexibility index (Phi) is 6.35. The van der Waals surface area contributed by atoms with Gasteiger partial charge in [-0.3, -0.25) is 4.90 Å². The molecule has 1 atom stereocenters. The molecular formula is C18H17Br2F3N2O2. The van der Waals surface area contributed by atoms with Gasteiger partial charge in [0.05, 0.1) is 6.04 Å². The fourth-order valence-corrected chi connectivity index (χ4v) is 4.61. The van der Waals surface area contributed by atoms with Crippen molar-refractivity contribution in [2.75, 3.05) is 26.2 Å². The summed E-state index contributed by atoms with van der Waals surface area (Å²) in [4.78, 5) is 2.18. The summed E-state index contributed by atoms with van der Waals surface area (Å²) in [5.41, 5.74) is 1.44. The molecule has 0 aromatic heterocycles. The molecule has 2 N–H and O–H groups in total. The zero-order valence-corrected chi connectivity index (χ0v) is 17.2.